The van der Waals surface area contributed by atoms with E-state index in [4.69, 9.17) is 4.98 Å². The van der Waals surface area contributed by atoms with E-state index in [0.29, 0.717) is 23.1 Å². The van der Waals surface area contributed by atoms with Crippen LogP contribution in [0.1, 0.15) is 36.4 Å². The van der Waals surface area contributed by atoms with Crippen LogP contribution in [0.4, 0.5) is 24.7 Å². The van der Waals surface area contributed by atoms with E-state index in [1.807, 2.05) is 28.8 Å². The number of pyridine rings is 1. The molecule has 0 amide bonds. The van der Waals surface area contributed by atoms with Crippen molar-refractivity contribution >= 4 is 17.2 Å². The number of benzene rings is 1. The summed E-state index contributed by atoms with van der Waals surface area (Å²) in [6.07, 6.45) is 4.24. The minimum Gasteiger partial charge on any atom is -0.339 e. The smallest absolute Gasteiger partial charge is 0.339 e. The third kappa shape index (κ3) is 3.38. The summed E-state index contributed by atoms with van der Waals surface area (Å²) in [6.45, 7) is 0. The lowest BCUT2D eigenvalue weighted by Gasteiger charge is -2.24. The molecule has 3 aromatic heterocycles. The van der Waals surface area contributed by atoms with Gasteiger partial charge in [-0.2, -0.15) is 13.2 Å². The van der Waals surface area contributed by atoms with Crippen LogP contribution in [-0.4, -0.2) is 19.4 Å². The van der Waals surface area contributed by atoms with Gasteiger partial charge in [0.25, 0.3) is 0 Å². The molecule has 0 spiro atoms. The first-order valence-electron chi connectivity index (χ1n) is 9.73. The molecule has 1 N–H and O–H groups in total. The van der Waals surface area contributed by atoms with E-state index in [1.165, 1.54) is 18.6 Å². The maximum atomic E-state index is 12.8. The maximum absolute atomic E-state index is 12.8. The molecule has 152 valence electrons. The standard InChI is InChI=1S/C22H18F3N5/c23-22(24,25)15-7-9-16(10-8-15)27-18-13-26-12-17(28-18)21-20(14-4-3-5-14)29-19-6-1-2-11-30(19)21/h1-2,6-14H,3-5H2,(H,27,28). The van der Waals surface area contributed by atoms with Gasteiger partial charge in [0, 0.05) is 17.8 Å². The van der Waals surface area contributed by atoms with Gasteiger partial charge in [0.05, 0.1) is 29.3 Å². The normalized spacial score (nSPS) is 14.6. The second kappa shape index (κ2) is 7.12. The molecule has 1 aliphatic carbocycles. The minimum absolute atomic E-state index is 0.410. The Morgan fingerprint density at radius 3 is 2.47 bits per heavy atom. The molecule has 0 bridgehead atoms. The molecule has 0 atom stereocenters. The molecule has 3 heterocycles. The number of hydrogen-bond acceptors (Lipinski definition) is 4. The zero-order chi connectivity index (χ0) is 20.7. The third-order valence-corrected chi connectivity index (χ3v) is 5.41. The number of nitrogens with zero attached hydrogens (tertiary/aromatic N) is 4. The average Bonchev–Trinajstić information content (AvgIpc) is 3.05. The Hall–Kier alpha value is -3.42. The minimum atomic E-state index is -4.36. The molecule has 1 saturated carbocycles. The third-order valence-electron chi connectivity index (χ3n) is 5.41. The van der Waals surface area contributed by atoms with E-state index in [1.54, 1.807) is 12.4 Å². The molecule has 4 aromatic rings. The fourth-order valence-electron chi connectivity index (χ4n) is 3.67. The lowest BCUT2D eigenvalue weighted by molar-refractivity contribution is -0.137. The molecule has 1 aromatic carbocycles. The van der Waals surface area contributed by atoms with Gasteiger partial charge < -0.3 is 5.32 Å². The summed E-state index contributed by atoms with van der Waals surface area (Å²) >= 11 is 0. The molecule has 5 nitrogen and oxygen atoms in total. The Bertz CT molecular complexity index is 1190. The van der Waals surface area contributed by atoms with Crippen LogP contribution in [0.25, 0.3) is 17.0 Å². The van der Waals surface area contributed by atoms with E-state index in [9.17, 15) is 13.2 Å². The first-order chi connectivity index (χ1) is 14.5. The summed E-state index contributed by atoms with van der Waals surface area (Å²) in [4.78, 5) is 13.8. The Labute approximate surface area is 170 Å². The summed E-state index contributed by atoms with van der Waals surface area (Å²) in [5.41, 5.74) is 3.28. The zero-order valence-electron chi connectivity index (χ0n) is 15.9. The van der Waals surface area contributed by atoms with Crippen LogP contribution >= 0.6 is 0 Å². The molecular weight excluding hydrogens is 391 g/mol. The van der Waals surface area contributed by atoms with Crippen molar-refractivity contribution in [1.29, 1.82) is 0 Å². The van der Waals surface area contributed by atoms with Gasteiger partial charge in [-0.1, -0.05) is 12.5 Å². The monoisotopic (exact) mass is 409 g/mol. The van der Waals surface area contributed by atoms with E-state index >= 15 is 0 Å². The van der Waals surface area contributed by atoms with Gasteiger partial charge >= 0.3 is 6.18 Å². The van der Waals surface area contributed by atoms with Gasteiger partial charge in [-0.05, 0) is 49.2 Å². The summed E-state index contributed by atoms with van der Waals surface area (Å²) in [6, 6.07) is 10.7. The van der Waals surface area contributed by atoms with Crippen molar-refractivity contribution in [2.75, 3.05) is 5.32 Å². The van der Waals surface area contributed by atoms with E-state index in [0.717, 1.165) is 42.0 Å². The Balaban J connectivity index is 1.50. The molecule has 0 unspecified atom stereocenters. The lowest BCUT2D eigenvalue weighted by atomic mass is 9.82. The number of alkyl halides is 3. The second-order valence-electron chi connectivity index (χ2n) is 7.39. The highest BCUT2D eigenvalue weighted by Gasteiger charge is 2.30. The maximum Gasteiger partial charge on any atom is 0.416 e. The largest absolute Gasteiger partial charge is 0.416 e. The van der Waals surface area contributed by atoms with Gasteiger partial charge in [0.15, 0.2) is 0 Å². The van der Waals surface area contributed by atoms with Gasteiger partial charge in [0.1, 0.15) is 17.2 Å². The highest BCUT2D eigenvalue weighted by atomic mass is 19.4. The van der Waals surface area contributed by atoms with Gasteiger partial charge in [-0.25, -0.2) is 9.97 Å². The zero-order valence-corrected chi connectivity index (χ0v) is 15.9. The van der Waals surface area contributed by atoms with Crippen LogP contribution in [0.5, 0.6) is 0 Å². The van der Waals surface area contributed by atoms with Crippen molar-refractivity contribution in [2.45, 2.75) is 31.4 Å². The quantitative estimate of drug-likeness (QED) is 0.461. The van der Waals surface area contributed by atoms with Crippen molar-refractivity contribution in [3.63, 3.8) is 0 Å². The van der Waals surface area contributed by atoms with Crippen LogP contribution in [-0.2, 0) is 6.18 Å². The number of nitrogens with one attached hydrogen (secondary N) is 1. The number of rotatable bonds is 4. The molecule has 0 radical (unpaired) electrons. The number of halogens is 3. The number of anilines is 2. The highest BCUT2D eigenvalue weighted by Crippen LogP contribution is 2.40. The number of hydrogen-bond donors (Lipinski definition) is 1. The van der Waals surface area contributed by atoms with Crippen molar-refractivity contribution in [1.82, 2.24) is 19.4 Å². The summed E-state index contributed by atoms with van der Waals surface area (Å²) in [7, 11) is 0. The number of aromatic nitrogens is 4. The molecule has 8 heteroatoms. The highest BCUT2D eigenvalue weighted by molar-refractivity contribution is 5.67. The summed E-state index contributed by atoms with van der Waals surface area (Å²) in [5.74, 6) is 0.867. The molecular formula is C22H18F3N5. The fourth-order valence-corrected chi connectivity index (χ4v) is 3.67. The van der Waals surface area contributed by atoms with Gasteiger partial charge in [-0.15, -0.1) is 0 Å². The molecule has 1 aliphatic rings. The number of imidazole rings is 1. The molecule has 30 heavy (non-hydrogen) atoms. The predicted octanol–water partition coefficient (Wildman–Crippen LogP) is 5.82. The lowest BCUT2D eigenvalue weighted by Crippen LogP contribution is -2.11. The van der Waals surface area contributed by atoms with Crippen LogP contribution in [0, 0.1) is 0 Å². The first kappa shape index (κ1) is 18.6. The average molecular weight is 409 g/mol. The Morgan fingerprint density at radius 1 is 0.967 bits per heavy atom. The van der Waals surface area contributed by atoms with Crippen molar-refractivity contribution in [3.05, 3.63) is 72.3 Å². The predicted molar refractivity (Wildman–Crippen MR) is 108 cm³/mol. The van der Waals surface area contributed by atoms with E-state index in [2.05, 4.69) is 15.3 Å². The van der Waals surface area contributed by atoms with Gasteiger partial charge in [0.2, 0.25) is 0 Å². The summed E-state index contributed by atoms with van der Waals surface area (Å²) < 4.78 is 40.3. The molecule has 5 rings (SSSR count). The second-order valence-corrected chi connectivity index (χ2v) is 7.39. The van der Waals surface area contributed by atoms with Crippen LogP contribution in [0.15, 0.2) is 61.1 Å². The Kier molecular flexibility index (Phi) is 4.42. The Morgan fingerprint density at radius 2 is 1.77 bits per heavy atom. The topological polar surface area (TPSA) is 55.1 Å². The molecule has 0 saturated heterocycles. The van der Waals surface area contributed by atoms with Gasteiger partial charge in [-0.3, -0.25) is 9.38 Å². The van der Waals surface area contributed by atoms with E-state index < -0.39 is 11.7 Å². The van der Waals surface area contributed by atoms with Crippen molar-refractivity contribution < 1.29 is 13.2 Å². The SMILES string of the molecule is FC(F)(F)c1ccc(Nc2cncc(-c3c(C4CCC4)nc4ccccn34)n2)cc1. The van der Waals surface area contributed by atoms with Crippen LogP contribution in [0.3, 0.4) is 0 Å². The fraction of sp³-hybridized carbons (Fsp3) is 0.227. The van der Waals surface area contributed by atoms with Crippen LogP contribution < -0.4 is 5.32 Å². The van der Waals surface area contributed by atoms with Crippen LogP contribution in [0.2, 0.25) is 0 Å². The molecule has 1 fully saturated rings. The number of fused-ring (bicyclic) bond motifs is 1. The van der Waals surface area contributed by atoms with E-state index in [-0.39, 0.29) is 0 Å². The van der Waals surface area contributed by atoms with Crippen molar-refractivity contribution in [3.8, 4) is 11.4 Å². The van der Waals surface area contributed by atoms with Crippen molar-refractivity contribution in [2.24, 2.45) is 0 Å². The first-order valence-corrected chi connectivity index (χ1v) is 9.73. The summed E-state index contributed by atoms with van der Waals surface area (Å²) in [5, 5.41) is 3.04. The molecule has 0 aliphatic heterocycles.